The Morgan fingerprint density at radius 2 is 2.04 bits per heavy atom. The van der Waals surface area contributed by atoms with Crippen LogP contribution in [0.1, 0.15) is 24.2 Å². The Balaban J connectivity index is 1.71. The lowest BCUT2D eigenvalue weighted by Crippen LogP contribution is -2.25. The first-order chi connectivity index (χ1) is 13.3. The topological polar surface area (TPSA) is 121 Å². The van der Waals surface area contributed by atoms with E-state index in [0.29, 0.717) is 15.6 Å². The van der Waals surface area contributed by atoms with Gasteiger partial charge in [-0.05, 0) is 26.0 Å². The predicted octanol–water partition coefficient (Wildman–Crippen LogP) is 3.25. The van der Waals surface area contributed by atoms with Crippen molar-refractivity contribution in [1.29, 1.82) is 0 Å². The standard InChI is InChI=1S/C16H15Cl2N7O3/c1-9-14(25(27)28)6-20-24(9)10(2)15(26)21-16-19-8-23(22-16)7-11-12(17)4-3-5-13(11)18/h3-6,8,10H,7H2,1-2H3,(H,21,22,26). The van der Waals surface area contributed by atoms with Crippen LogP contribution in [-0.4, -0.2) is 35.4 Å². The molecule has 0 bridgehead atoms. The van der Waals surface area contributed by atoms with Crippen molar-refractivity contribution < 1.29 is 9.72 Å². The van der Waals surface area contributed by atoms with Crippen LogP contribution in [0.15, 0.2) is 30.7 Å². The maximum Gasteiger partial charge on any atom is 0.309 e. The van der Waals surface area contributed by atoms with Crippen LogP contribution in [0, 0.1) is 17.0 Å². The Bertz CT molecular complexity index is 1030. The lowest BCUT2D eigenvalue weighted by molar-refractivity contribution is -0.385. The summed E-state index contributed by atoms with van der Waals surface area (Å²) in [5, 5.41) is 22.6. The molecule has 0 saturated heterocycles. The molecule has 0 aliphatic heterocycles. The molecule has 0 fully saturated rings. The number of rotatable bonds is 6. The van der Waals surface area contributed by atoms with Gasteiger partial charge in [0.05, 0.1) is 11.5 Å². The van der Waals surface area contributed by atoms with Gasteiger partial charge in [0.15, 0.2) is 0 Å². The molecule has 10 nitrogen and oxygen atoms in total. The molecule has 146 valence electrons. The van der Waals surface area contributed by atoms with Crippen molar-refractivity contribution in [3.8, 4) is 0 Å². The maximum atomic E-state index is 12.4. The number of nitrogens with zero attached hydrogens (tertiary/aromatic N) is 6. The zero-order chi connectivity index (χ0) is 20.4. The summed E-state index contributed by atoms with van der Waals surface area (Å²) in [5.74, 6) is -0.381. The number of carbonyl (C=O) groups excluding carboxylic acids is 1. The van der Waals surface area contributed by atoms with E-state index in [1.165, 1.54) is 22.6 Å². The molecule has 3 rings (SSSR count). The molecule has 0 aliphatic carbocycles. The molecular weight excluding hydrogens is 409 g/mol. The summed E-state index contributed by atoms with van der Waals surface area (Å²) in [6, 6.07) is 4.38. The molecule has 12 heteroatoms. The average Bonchev–Trinajstić information content (AvgIpc) is 3.24. The predicted molar refractivity (Wildman–Crippen MR) is 103 cm³/mol. The van der Waals surface area contributed by atoms with Gasteiger partial charge in [0, 0.05) is 15.6 Å². The quantitative estimate of drug-likeness (QED) is 0.479. The summed E-state index contributed by atoms with van der Waals surface area (Å²) in [6.45, 7) is 3.37. The zero-order valence-electron chi connectivity index (χ0n) is 14.8. The van der Waals surface area contributed by atoms with Crippen LogP contribution in [0.5, 0.6) is 0 Å². The Morgan fingerprint density at radius 3 is 2.64 bits per heavy atom. The van der Waals surface area contributed by atoms with Crippen LogP contribution in [0.4, 0.5) is 11.6 Å². The van der Waals surface area contributed by atoms with Gasteiger partial charge in [0.25, 0.3) is 5.91 Å². The number of anilines is 1. The fourth-order valence-corrected chi connectivity index (χ4v) is 3.10. The minimum absolute atomic E-state index is 0.0827. The van der Waals surface area contributed by atoms with E-state index >= 15 is 0 Å². The fourth-order valence-electron chi connectivity index (χ4n) is 2.58. The first kappa shape index (κ1) is 19.8. The Kier molecular flexibility index (Phi) is 5.61. The average molecular weight is 424 g/mol. The van der Waals surface area contributed by atoms with E-state index in [1.54, 1.807) is 25.1 Å². The van der Waals surface area contributed by atoms with Gasteiger partial charge in [-0.3, -0.25) is 24.9 Å². The number of aromatic nitrogens is 5. The number of halogens is 2. The summed E-state index contributed by atoms with van der Waals surface area (Å²) >= 11 is 12.3. The van der Waals surface area contributed by atoms with Crippen molar-refractivity contribution in [2.45, 2.75) is 26.4 Å². The first-order valence-electron chi connectivity index (χ1n) is 8.09. The van der Waals surface area contributed by atoms with Crippen LogP contribution in [0.25, 0.3) is 0 Å². The third kappa shape index (κ3) is 3.97. The third-order valence-corrected chi connectivity index (χ3v) is 4.82. The van der Waals surface area contributed by atoms with E-state index in [1.807, 2.05) is 0 Å². The molecule has 2 aromatic heterocycles. The molecule has 1 aromatic carbocycles. The number of hydrogen-bond donors (Lipinski definition) is 1. The molecule has 0 spiro atoms. The highest BCUT2D eigenvalue weighted by molar-refractivity contribution is 6.35. The minimum Gasteiger partial charge on any atom is -0.291 e. The van der Waals surface area contributed by atoms with Gasteiger partial charge in [0.1, 0.15) is 24.3 Å². The SMILES string of the molecule is Cc1c([N+](=O)[O-])cnn1C(C)C(=O)Nc1ncn(Cc2c(Cl)cccc2Cl)n1. The molecule has 2 heterocycles. The highest BCUT2D eigenvalue weighted by Gasteiger charge is 2.24. The van der Waals surface area contributed by atoms with E-state index in [4.69, 9.17) is 23.2 Å². The number of benzene rings is 1. The summed E-state index contributed by atoms with van der Waals surface area (Å²) < 4.78 is 2.76. The smallest absolute Gasteiger partial charge is 0.291 e. The van der Waals surface area contributed by atoms with Gasteiger partial charge >= 0.3 is 5.69 Å². The van der Waals surface area contributed by atoms with E-state index in [9.17, 15) is 14.9 Å². The monoisotopic (exact) mass is 423 g/mol. The molecule has 0 saturated carbocycles. The van der Waals surface area contributed by atoms with Crippen LogP contribution in [0.2, 0.25) is 10.0 Å². The summed E-state index contributed by atoms with van der Waals surface area (Å²) in [5.41, 5.74) is 0.805. The van der Waals surface area contributed by atoms with Gasteiger partial charge in [-0.25, -0.2) is 9.67 Å². The van der Waals surface area contributed by atoms with Gasteiger partial charge in [-0.15, -0.1) is 5.10 Å². The Hall–Kier alpha value is -2.98. The minimum atomic E-state index is -0.793. The highest BCUT2D eigenvalue weighted by Crippen LogP contribution is 2.25. The Labute approximate surface area is 169 Å². The van der Waals surface area contributed by atoms with Crippen LogP contribution in [0.3, 0.4) is 0 Å². The second kappa shape index (κ2) is 7.95. The van der Waals surface area contributed by atoms with E-state index < -0.39 is 16.9 Å². The molecule has 1 atom stereocenters. The van der Waals surface area contributed by atoms with E-state index in [-0.39, 0.29) is 23.9 Å². The van der Waals surface area contributed by atoms with Crippen molar-refractivity contribution in [3.05, 3.63) is 62.1 Å². The van der Waals surface area contributed by atoms with E-state index in [2.05, 4.69) is 20.5 Å². The summed E-state index contributed by atoms with van der Waals surface area (Å²) in [6.07, 6.45) is 2.55. The van der Waals surface area contributed by atoms with Crippen LogP contribution >= 0.6 is 23.2 Å². The number of hydrogen-bond acceptors (Lipinski definition) is 6. The second-order valence-electron chi connectivity index (χ2n) is 5.95. The van der Waals surface area contributed by atoms with Crippen molar-refractivity contribution in [1.82, 2.24) is 24.5 Å². The van der Waals surface area contributed by atoms with Crippen LogP contribution in [-0.2, 0) is 11.3 Å². The third-order valence-electron chi connectivity index (χ3n) is 4.12. The fraction of sp³-hybridized carbons (Fsp3) is 0.250. The van der Waals surface area contributed by atoms with Gasteiger partial charge < -0.3 is 0 Å². The molecule has 1 N–H and O–H groups in total. The zero-order valence-corrected chi connectivity index (χ0v) is 16.3. The van der Waals surface area contributed by atoms with Crippen molar-refractivity contribution >= 4 is 40.7 Å². The molecule has 0 aliphatic rings. The second-order valence-corrected chi connectivity index (χ2v) is 6.76. The normalized spacial score (nSPS) is 12.0. The number of carbonyl (C=O) groups is 1. The van der Waals surface area contributed by atoms with Gasteiger partial charge in [-0.1, -0.05) is 29.3 Å². The number of nitrogens with one attached hydrogen (secondary N) is 1. The van der Waals surface area contributed by atoms with Crippen molar-refractivity contribution in [2.24, 2.45) is 0 Å². The van der Waals surface area contributed by atoms with Crippen molar-refractivity contribution in [2.75, 3.05) is 5.32 Å². The first-order valence-corrected chi connectivity index (χ1v) is 8.85. The van der Waals surface area contributed by atoms with Gasteiger partial charge in [-0.2, -0.15) is 5.10 Å². The summed E-state index contributed by atoms with van der Waals surface area (Å²) in [7, 11) is 0. The molecule has 1 amide bonds. The van der Waals surface area contributed by atoms with E-state index in [0.717, 1.165) is 6.20 Å². The number of amides is 1. The largest absolute Gasteiger partial charge is 0.309 e. The highest BCUT2D eigenvalue weighted by atomic mass is 35.5. The molecule has 3 aromatic rings. The molecule has 28 heavy (non-hydrogen) atoms. The number of nitro groups is 1. The molecule has 0 radical (unpaired) electrons. The Morgan fingerprint density at radius 1 is 1.36 bits per heavy atom. The molecular formula is C16H15Cl2N7O3. The van der Waals surface area contributed by atoms with Crippen LogP contribution < -0.4 is 5.32 Å². The lowest BCUT2D eigenvalue weighted by Gasteiger charge is -2.12. The van der Waals surface area contributed by atoms with Gasteiger partial charge in [0.2, 0.25) is 5.95 Å². The van der Waals surface area contributed by atoms with Crippen molar-refractivity contribution in [3.63, 3.8) is 0 Å². The maximum absolute atomic E-state index is 12.4. The molecule has 1 unspecified atom stereocenters. The summed E-state index contributed by atoms with van der Waals surface area (Å²) in [4.78, 5) is 26.9. The lowest BCUT2D eigenvalue weighted by atomic mass is 10.2.